The van der Waals surface area contributed by atoms with Crippen LogP contribution in [0, 0.1) is 9.39 Å². The third-order valence-corrected chi connectivity index (χ3v) is 6.43. The average molecular weight is 599 g/mol. The fourth-order valence-electron chi connectivity index (χ4n) is 3.19. The molecule has 0 unspecified atom stereocenters. The molecule has 0 aliphatic carbocycles. The van der Waals surface area contributed by atoms with Crippen molar-refractivity contribution in [2.45, 2.75) is 33.4 Å². The predicted molar refractivity (Wildman–Crippen MR) is 135 cm³/mol. The number of imide groups is 1. The number of hydrogen-bond acceptors (Lipinski definition) is 7. The minimum Gasteiger partial charge on any atom is -0.490 e. The molecule has 0 aromatic heterocycles. The quantitative estimate of drug-likeness (QED) is 0.217. The van der Waals surface area contributed by atoms with Crippen LogP contribution < -0.4 is 9.47 Å². The lowest BCUT2D eigenvalue weighted by Crippen LogP contribution is -2.42. The van der Waals surface area contributed by atoms with Gasteiger partial charge in [0, 0.05) is 0 Å². The Labute approximate surface area is 214 Å². The molecule has 1 atom stereocenters. The van der Waals surface area contributed by atoms with Crippen LogP contribution in [0.15, 0.2) is 41.3 Å². The summed E-state index contributed by atoms with van der Waals surface area (Å²) in [7, 11) is 0. The minimum absolute atomic E-state index is 0.151. The molecule has 0 saturated carbocycles. The van der Waals surface area contributed by atoms with E-state index in [0.29, 0.717) is 32.8 Å². The maximum atomic E-state index is 13.5. The summed E-state index contributed by atoms with van der Waals surface area (Å²) >= 11 is 2.85. The van der Waals surface area contributed by atoms with Crippen molar-refractivity contribution in [3.05, 3.63) is 61.8 Å². The highest BCUT2D eigenvalue weighted by atomic mass is 127. The van der Waals surface area contributed by atoms with E-state index >= 15 is 0 Å². The Bertz CT molecular complexity index is 1140. The maximum absolute atomic E-state index is 13.5. The van der Waals surface area contributed by atoms with Gasteiger partial charge in [0.2, 0.25) is 0 Å². The summed E-state index contributed by atoms with van der Waals surface area (Å²) in [6, 6.07) is 8.61. The van der Waals surface area contributed by atoms with Crippen molar-refractivity contribution in [2.75, 3.05) is 13.2 Å². The molecule has 0 N–H and O–H groups in total. The molecule has 10 heteroatoms. The standard InChI is InChI=1S/C24H23FINO6S/c1-4-31-19-11-16(10-18(26)21(19)33-13-15-7-6-8-17(25)9-15)12-20-22(28)27(24(30)34-20)14(3)23(29)32-5-2/h6-12,14H,4-5,13H2,1-3H3/b20-12+/t14-/m0/s1. The van der Waals surface area contributed by atoms with Gasteiger partial charge in [-0.25, -0.2) is 9.18 Å². The average Bonchev–Trinajstić information content (AvgIpc) is 3.05. The van der Waals surface area contributed by atoms with E-state index in [1.165, 1.54) is 19.1 Å². The van der Waals surface area contributed by atoms with E-state index in [2.05, 4.69) is 22.6 Å². The van der Waals surface area contributed by atoms with Crippen LogP contribution in [0.3, 0.4) is 0 Å². The highest BCUT2D eigenvalue weighted by Gasteiger charge is 2.41. The minimum atomic E-state index is -1.02. The van der Waals surface area contributed by atoms with E-state index in [1.807, 2.05) is 6.92 Å². The third kappa shape index (κ3) is 6.09. The first-order valence-corrected chi connectivity index (χ1v) is 12.4. The van der Waals surface area contributed by atoms with Crippen LogP contribution in [0.5, 0.6) is 11.5 Å². The van der Waals surface area contributed by atoms with Crippen LogP contribution in [-0.4, -0.2) is 41.3 Å². The highest BCUT2D eigenvalue weighted by Crippen LogP contribution is 2.38. The fourth-order valence-corrected chi connectivity index (χ4v) is 4.88. The van der Waals surface area contributed by atoms with Gasteiger partial charge in [-0.1, -0.05) is 12.1 Å². The zero-order valence-corrected chi connectivity index (χ0v) is 21.8. The SMILES string of the molecule is CCOC(=O)[C@H](C)N1C(=O)S/C(=C/c2cc(I)c(OCc3cccc(F)c3)c(OCC)c2)C1=O. The number of thioether (sulfide) groups is 1. The number of rotatable bonds is 9. The number of esters is 1. The largest absolute Gasteiger partial charge is 0.490 e. The van der Waals surface area contributed by atoms with E-state index in [9.17, 15) is 18.8 Å². The van der Waals surface area contributed by atoms with Gasteiger partial charge < -0.3 is 14.2 Å². The summed E-state index contributed by atoms with van der Waals surface area (Å²) < 4.78 is 30.8. The predicted octanol–water partition coefficient (Wildman–Crippen LogP) is 5.40. The van der Waals surface area contributed by atoms with E-state index in [1.54, 1.807) is 37.3 Å². The molecular weight excluding hydrogens is 576 g/mol. The normalized spacial score (nSPS) is 15.6. The van der Waals surface area contributed by atoms with E-state index in [0.717, 1.165) is 16.7 Å². The first-order chi connectivity index (χ1) is 16.2. The zero-order valence-electron chi connectivity index (χ0n) is 18.8. The lowest BCUT2D eigenvalue weighted by molar-refractivity contribution is -0.150. The first kappa shape index (κ1) is 26.0. The summed E-state index contributed by atoms with van der Waals surface area (Å²) in [5.41, 5.74) is 1.30. The molecule has 34 heavy (non-hydrogen) atoms. The van der Waals surface area contributed by atoms with Gasteiger partial charge in [0.25, 0.3) is 11.1 Å². The van der Waals surface area contributed by atoms with Gasteiger partial charge in [0.05, 0.1) is 21.7 Å². The van der Waals surface area contributed by atoms with Crippen LogP contribution in [-0.2, 0) is 20.9 Å². The molecule has 1 aliphatic rings. The molecule has 1 heterocycles. The van der Waals surface area contributed by atoms with Crippen molar-refractivity contribution < 1.29 is 33.0 Å². The van der Waals surface area contributed by atoms with Crippen molar-refractivity contribution in [3.8, 4) is 11.5 Å². The second-order valence-electron chi connectivity index (χ2n) is 7.16. The Hall–Kier alpha value is -2.60. The maximum Gasteiger partial charge on any atom is 0.329 e. The molecule has 0 spiro atoms. The van der Waals surface area contributed by atoms with Crippen LogP contribution in [0.2, 0.25) is 0 Å². The number of benzene rings is 2. The van der Waals surface area contributed by atoms with Crippen LogP contribution in [0.4, 0.5) is 9.18 Å². The number of nitrogens with zero attached hydrogens (tertiary/aromatic N) is 1. The van der Waals surface area contributed by atoms with Crippen molar-refractivity contribution in [3.63, 3.8) is 0 Å². The lowest BCUT2D eigenvalue weighted by Gasteiger charge is -2.19. The molecule has 180 valence electrons. The smallest absolute Gasteiger partial charge is 0.329 e. The number of ether oxygens (including phenoxy) is 3. The number of carbonyl (C=O) groups is 3. The number of hydrogen-bond donors (Lipinski definition) is 0. The Morgan fingerprint density at radius 2 is 1.94 bits per heavy atom. The zero-order chi connectivity index (χ0) is 24.8. The molecule has 2 amide bonds. The van der Waals surface area contributed by atoms with Crippen LogP contribution >= 0.6 is 34.4 Å². The molecule has 1 aliphatic heterocycles. The monoisotopic (exact) mass is 599 g/mol. The van der Waals surface area contributed by atoms with E-state index in [-0.39, 0.29) is 23.9 Å². The summed E-state index contributed by atoms with van der Waals surface area (Å²) in [5, 5.41) is -0.536. The molecule has 0 radical (unpaired) electrons. The van der Waals surface area contributed by atoms with Gasteiger partial charge in [-0.2, -0.15) is 0 Å². The number of carbonyl (C=O) groups excluding carboxylic acids is 3. The van der Waals surface area contributed by atoms with Gasteiger partial charge in [0.15, 0.2) is 11.5 Å². The Morgan fingerprint density at radius 1 is 1.18 bits per heavy atom. The molecule has 1 saturated heterocycles. The van der Waals surface area contributed by atoms with Crippen LogP contribution in [0.25, 0.3) is 6.08 Å². The Kier molecular flexibility index (Phi) is 8.95. The number of amides is 2. The summed E-state index contributed by atoms with van der Waals surface area (Å²) in [5.74, 6) is -0.597. The first-order valence-electron chi connectivity index (χ1n) is 10.5. The van der Waals surface area contributed by atoms with E-state index < -0.39 is 23.2 Å². The van der Waals surface area contributed by atoms with Crippen molar-refractivity contribution >= 4 is 57.5 Å². The summed E-state index contributed by atoms with van der Waals surface area (Å²) in [6.07, 6.45) is 1.57. The van der Waals surface area contributed by atoms with Crippen molar-refractivity contribution in [2.24, 2.45) is 0 Å². The molecule has 2 aromatic carbocycles. The second-order valence-corrected chi connectivity index (χ2v) is 9.32. The number of halogens is 2. The molecule has 3 rings (SSSR count). The Balaban J connectivity index is 1.85. The van der Waals surface area contributed by atoms with Gasteiger partial charge in [-0.3, -0.25) is 14.5 Å². The Morgan fingerprint density at radius 3 is 2.62 bits per heavy atom. The fraction of sp³-hybridized carbons (Fsp3) is 0.292. The van der Waals surface area contributed by atoms with Crippen molar-refractivity contribution in [1.82, 2.24) is 4.90 Å². The molecule has 2 aromatic rings. The van der Waals surface area contributed by atoms with E-state index in [4.69, 9.17) is 14.2 Å². The molecular formula is C24H23FINO6S. The third-order valence-electron chi connectivity index (χ3n) is 4.74. The second kappa shape index (κ2) is 11.7. The molecule has 1 fully saturated rings. The molecule has 7 nitrogen and oxygen atoms in total. The highest BCUT2D eigenvalue weighted by molar-refractivity contribution is 14.1. The summed E-state index contributed by atoms with van der Waals surface area (Å²) in [6.45, 7) is 5.63. The van der Waals surface area contributed by atoms with Gasteiger partial charge in [-0.15, -0.1) is 0 Å². The lowest BCUT2D eigenvalue weighted by atomic mass is 10.1. The van der Waals surface area contributed by atoms with Gasteiger partial charge in [-0.05, 0) is 96.6 Å². The van der Waals surface area contributed by atoms with Gasteiger partial charge in [0.1, 0.15) is 18.5 Å². The topological polar surface area (TPSA) is 82.1 Å². The van der Waals surface area contributed by atoms with Crippen molar-refractivity contribution in [1.29, 1.82) is 0 Å². The van der Waals surface area contributed by atoms with Gasteiger partial charge >= 0.3 is 5.97 Å². The van der Waals surface area contributed by atoms with Crippen LogP contribution in [0.1, 0.15) is 31.9 Å². The molecule has 0 bridgehead atoms. The summed E-state index contributed by atoms with van der Waals surface area (Å²) in [4.78, 5) is 38.4.